The first-order chi connectivity index (χ1) is 11.0. The summed E-state index contributed by atoms with van der Waals surface area (Å²) in [6.07, 6.45) is 0. The van der Waals surface area contributed by atoms with Crippen molar-refractivity contribution < 1.29 is 19.0 Å². The Bertz CT molecular complexity index is 676. The summed E-state index contributed by atoms with van der Waals surface area (Å²) in [5.74, 6) is 0.790. The summed E-state index contributed by atoms with van der Waals surface area (Å²) in [6, 6.07) is 5.46. The molecule has 0 fully saturated rings. The van der Waals surface area contributed by atoms with E-state index in [1.54, 1.807) is 34.1 Å². The van der Waals surface area contributed by atoms with E-state index in [-0.39, 0.29) is 12.4 Å². The van der Waals surface area contributed by atoms with Crippen LogP contribution in [0.5, 0.6) is 11.5 Å². The van der Waals surface area contributed by atoms with Crippen LogP contribution in [0.1, 0.15) is 19.4 Å². The van der Waals surface area contributed by atoms with Crippen LogP contribution in [-0.4, -0.2) is 38.0 Å². The molecule has 24 heavy (non-hydrogen) atoms. The molecule has 0 amide bonds. The predicted octanol–water partition coefficient (Wildman–Crippen LogP) is 2.85. The van der Waals surface area contributed by atoms with Gasteiger partial charge >= 0.3 is 5.97 Å². The Morgan fingerprint density at radius 1 is 1.29 bits per heavy atom. The molecule has 1 atom stereocenters. The van der Waals surface area contributed by atoms with Crippen LogP contribution in [-0.2, 0) is 9.53 Å². The van der Waals surface area contributed by atoms with Gasteiger partial charge < -0.3 is 19.9 Å². The first kappa shape index (κ1) is 20.3. The summed E-state index contributed by atoms with van der Waals surface area (Å²) in [7, 11) is 3.14. The van der Waals surface area contributed by atoms with Gasteiger partial charge in [0, 0.05) is 4.91 Å². The first-order valence-corrected chi connectivity index (χ1v) is 8.00. The van der Waals surface area contributed by atoms with Gasteiger partial charge in [-0.2, -0.15) is 0 Å². The highest BCUT2D eigenvalue weighted by molar-refractivity contribution is 8.09. The average molecular weight is 373 g/mol. The van der Waals surface area contributed by atoms with Gasteiger partial charge in [0.25, 0.3) is 0 Å². The zero-order valence-electron chi connectivity index (χ0n) is 14.0. The molecule has 1 heterocycles. The van der Waals surface area contributed by atoms with Gasteiger partial charge in [-0.05, 0) is 37.6 Å². The molecule has 8 heteroatoms. The second-order valence-corrected chi connectivity index (χ2v) is 5.84. The van der Waals surface area contributed by atoms with Crippen molar-refractivity contribution in [3.8, 4) is 11.5 Å². The van der Waals surface area contributed by atoms with E-state index in [2.05, 4.69) is 4.99 Å². The van der Waals surface area contributed by atoms with Crippen LogP contribution in [0.25, 0.3) is 4.91 Å². The third kappa shape index (κ3) is 4.23. The minimum atomic E-state index is -0.462. The molecular weight excluding hydrogens is 352 g/mol. The fraction of sp³-hybridized carbons (Fsp3) is 0.375. The maximum atomic E-state index is 12.3. The summed E-state index contributed by atoms with van der Waals surface area (Å²) in [5.41, 5.74) is 7.30. The fourth-order valence-corrected chi connectivity index (χ4v) is 3.32. The van der Waals surface area contributed by atoms with Gasteiger partial charge in [-0.25, -0.2) is 4.79 Å². The Balaban J connectivity index is 0.00000288. The van der Waals surface area contributed by atoms with E-state index in [0.29, 0.717) is 29.4 Å². The van der Waals surface area contributed by atoms with Crippen LogP contribution >= 0.6 is 24.2 Å². The molecule has 6 nitrogen and oxygen atoms in total. The van der Waals surface area contributed by atoms with Gasteiger partial charge in [-0.3, -0.25) is 4.99 Å². The maximum Gasteiger partial charge on any atom is 0.341 e. The fourth-order valence-electron chi connectivity index (χ4n) is 2.26. The van der Waals surface area contributed by atoms with Gasteiger partial charge in [0.2, 0.25) is 0 Å². The quantitative estimate of drug-likeness (QED) is 0.800. The Labute approximate surface area is 151 Å². The van der Waals surface area contributed by atoms with Crippen LogP contribution in [0.15, 0.2) is 28.8 Å². The number of nitrogens with zero attached hydrogens (tertiary/aromatic N) is 1. The largest absolute Gasteiger partial charge is 0.493 e. The number of carbonyl (C=O) groups excluding carboxylic acids is 1. The first-order valence-electron chi connectivity index (χ1n) is 7.12. The molecule has 1 unspecified atom stereocenters. The monoisotopic (exact) mass is 372 g/mol. The van der Waals surface area contributed by atoms with Gasteiger partial charge in [0.15, 0.2) is 11.5 Å². The van der Waals surface area contributed by atoms with E-state index in [9.17, 15) is 4.79 Å². The number of aliphatic imine (C=N–C) groups is 1. The summed E-state index contributed by atoms with van der Waals surface area (Å²) in [4.78, 5) is 17.3. The molecule has 1 aliphatic rings. The number of rotatable bonds is 5. The van der Waals surface area contributed by atoms with Gasteiger partial charge in [-0.15, -0.1) is 12.4 Å². The van der Waals surface area contributed by atoms with E-state index >= 15 is 0 Å². The van der Waals surface area contributed by atoms with E-state index in [4.69, 9.17) is 19.9 Å². The molecule has 1 aromatic carbocycles. The van der Waals surface area contributed by atoms with Crippen molar-refractivity contribution in [1.29, 1.82) is 0 Å². The normalized spacial score (nSPS) is 16.9. The van der Waals surface area contributed by atoms with Gasteiger partial charge in [-0.1, -0.05) is 11.8 Å². The van der Waals surface area contributed by atoms with Crippen molar-refractivity contribution in [2.45, 2.75) is 19.3 Å². The van der Waals surface area contributed by atoms with Gasteiger partial charge in [0.05, 0.1) is 32.1 Å². The lowest BCUT2D eigenvalue weighted by Gasteiger charge is -2.22. The molecule has 0 aromatic heterocycles. The number of esters is 1. The minimum absolute atomic E-state index is 0. The molecule has 0 saturated carbocycles. The second-order valence-electron chi connectivity index (χ2n) is 4.72. The summed E-state index contributed by atoms with van der Waals surface area (Å²) >= 11 is 1.31. The Hall–Kier alpha value is -1.70. The molecule has 1 aliphatic heterocycles. The summed E-state index contributed by atoms with van der Waals surface area (Å²) in [6.45, 7) is 3.82. The maximum absolute atomic E-state index is 12.3. The van der Waals surface area contributed by atoms with E-state index < -0.39 is 11.5 Å². The number of carbonyl (C=O) groups is 1. The number of halogens is 1. The van der Waals surface area contributed by atoms with Crippen molar-refractivity contribution in [3.05, 3.63) is 29.3 Å². The highest BCUT2D eigenvalue weighted by Gasteiger charge is 2.27. The topological polar surface area (TPSA) is 83.1 Å². The number of hydrogen-bond donors (Lipinski definition) is 1. The zero-order valence-corrected chi connectivity index (χ0v) is 15.6. The molecule has 0 saturated heterocycles. The van der Waals surface area contributed by atoms with Crippen molar-refractivity contribution in [3.63, 3.8) is 0 Å². The van der Waals surface area contributed by atoms with E-state index in [1.165, 1.54) is 11.8 Å². The van der Waals surface area contributed by atoms with E-state index in [1.807, 2.05) is 12.1 Å². The zero-order chi connectivity index (χ0) is 17.0. The van der Waals surface area contributed by atoms with Crippen LogP contribution in [0.3, 0.4) is 0 Å². The number of methoxy groups -OCH3 is 2. The SMILES string of the molecule is CCOC(=O)C1=C(c2ccc(OC)c(OC)c2)SC(N)N=C1C.Cl. The van der Waals surface area contributed by atoms with E-state index in [0.717, 1.165) is 10.5 Å². The Kier molecular flexibility index (Phi) is 7.59. The third-order valence-electron chi connectivity index (χ3n) is 3.27. The summed E-state index contributed by atoms with van der Waals surface area (Å²) in [5, 5.41) is 0. The van der Waals surface area contributed by atoms with Crippen molar-refractivity contribution >= 4 is 40.8 Å². The average Bonchev–Trinajstić information content (AvgIpc) is 2.53. The van der Waals surface area contributed by atoms with Crippen molar-refractivity contribution in [2.75, 3.05) is 20.8 Å². The molecule has 2 rings (SSSR count). The lowest BCUT2D eigenvalue weighted by molar-refractivity contribution is -0.137. The molecule has 2 N–H and O–H groups in total. The van der Waals surface area contributed by atoms with Crippen LogP contribution < -0.4 is 15.2 Å². The number of thioether (sulfide) groups is 1. The predicted molar refractivity (Wildman–Crippen MR) is 99.0 cm³/mol. The molecule has 0 aliphatic carbocycles. The number of hydrogen-bond acceptors (Lipinski definition) is 7. The Morgan fingerprint density at radius 3 is 2.54 bits per heavy atom. The molecule has 132 valence electrons. The lowest BCUT2D eigenvalue weighted by atomic mass is 10.1. The number of ether oxygens (including phenoxy) is 3. The number of benzene rings is 1. The lowest BCUT2D eigenvalue weighted by Crippen LogP contribution is -2.24. The second kappa shape index (κ2) is 8.96. The molecule has 1 aromatic rings. The van der Waals surface area contributed by atoms with Gasteiger partial charge in [0.1, 0.15) is 5.50 Å². The third-order valence-corrected chi connectivity index (χ3v) is 4.30. The van der Waals surface area contributed by atoms with Crippen LogP contribution in [0, 0.1) is 0 Å². The van der Waals surface area contributed by atoms with Crippen LogP contribution in [0.2, 0.25) is 0 Å². The minimum Gasteiger partial charge on any atom is -0.493 e. The van der Waals surface area contributed by atoms with Crippen molar-refractivity contribution in [2.24, 2.45) is 10.7 Å². The smallest absolute Gasteiger partial charge is 0.341 e. The molecule has 0 bridgehead atoms. The molecule has 0 radical (unpaired) electrons. The number of nitrogens with two attached hydrogens (primary N) is 1. The van der Waals surface area contributed by atoms with Crippen LogP contribution in [0.4, 0.5) is 0 Å². The Morgan fingerprint density at radius 2 is 1.96 bits per heavy atom. The molecular formula is C16H21ClN2O4S. The highest BCUT2D eigenvalue weighted by atomic mass is 35.5. The highest BCUT2D eigenvalue weighted by Crippen LogP contribution is 2.40. The summed E-state index contributed by atoms with van der Waals surface area (Å²) < 4.78 is 15.7. The molecule has 0 spiro atoms. The van der Waals surface area contributed by atoms with Crippen molar-refractivity contribution in [1.82, 2.24) is 0 Å². The standard InChI is InChI=1S/C16H20N2O4S.ClH/c1-5-22-15(19)13-9(2)18-16(17)23-14(13)10-6-7-11(20-3)12(8-10)21-4;/h6-8,16H,5,17H2,1-4H3;1H.